The lowest BCUT2D eigenvalue weighted by Crippen LogP contribution is -2.21. The van der Waals surface area contributed by atoms with E-state index >= 15 is 0 Å². The van der Waals surface area contributed by atoms with E-state index < -0.39 is 0 Å². The maximum atomic E-state index is 5.59. The number of aromatic nitrogens is 1. The van der Waals surface area contributed by atoms with Crippen molar-refractivity contribution in [3.05, 3.63) is 30.5 Å². The number of hydrogen-bond acceptors (Lipinski definition) is 4. The predicted octanol–water partition coefficient (Wildman–Crippen LogP) is 3.08. The molecule has 20 heavy (non-hydrogen) atoms. The van der Waals surface area contributed by atoms with Gasteiger partial charge in [-0.2, -0.15) is 0 Å². The number of anilines is 1. The van der Waals surface area contributed by atoms with Gasteiger partial charge in [0.05, 0.1) is 13.2 Å². The summed E-state index contributed by atoms with van der Waals surface area (Å²) in [6.07, 6.45) is 3.28. The van der Waals surface area contributed by atoms with Crippen molar-refractivity contribution in [2.75, 3.05) is 25.6 Å². The Balaban J connectivity index is 1.80. The molecule has 1 fully saturated rings. The topological polar surface area (TPSA) is 43.4 Å². The highest BCUT2D eigenvalue weighted by atomic mass is 16.5. The molecule has 2 aromatic rings. The number of fused-ring (bicyclic) bond motifs is 1. The van der Waals surface area contributed by atoms with Gasteiger partial charge in [-0.05, 0) is 43.0 Å². The van der Waals surface area contributed by atoms with Crippen molar-refractivity contribution in [3.63, 3.8) is 0 Å². The maximum absolute atomic E-state index is 5.59. The lowest BCUT2D eigenvalue weighted by Gasteiger charge is -2.16. The molecule has 3 rings (SSSR count). The van der Waals surface area contributed by atoms with Crippen molar-refractivity contribution in [1.82, 2.24) is 4.98 Å². The maximum Gasteiger partial charge on any atom is 0.133 e. The van der Waals surface area contributed by atoms with Crippen LogP contribution in [0.1, 0.15) is 13.3 Å². The molecule has 106 valence electrons. The summed E-state index contributed by atoms with van der Waals surface area (Å²) in [4.78, 5) is 4.46. The molecule has 0 aliphatic carbocycles. The average molecular weight is 272 g/mol. The number of hydrogen-bond donors (Lipinski definition) is 1. The van der Waals surface area contributed by atoms with Crippen LogP contribution in [0.5, 0.6) is 5.75 Å². The standard InChI is InChI=1S/C16H20N2O2/c1-11-13(6-8-20-11)10-18-16-15-4-3-14(19-2)9-12(15)5-7-17-16/h3-5,7,9,11,13H,6,8,10H2,1-2H3,(H,17,18). The zero-order valence-electron chi connectivity index (χ0n) is 11.9. The SMILES string of the molecule is COc1ccc2c(NCC3CCOC3C)nccc2c1. The molecule has 0 saturated carbocycles. The number of nitrogens with one attached hydrogen (secondary N) is 1. The van der Waals surface area contributed by atoms with Crippen LogP contribution in [0.15, 0.2) is 30.5 Å². The molecule has 1 aromatic heterocycles. The van der Waals surface area contributed by atoms with E-state index in [1.807, 2.05) is 24.4 Å². The summed E-state index contributed by atoms with van der Waals surface area (Å²) < 4.78 is 10.9. The second kappa shape index (κ2) is 5.67. The molecule has 1 aliphatic heterocycles. The minimum absolute atomic E-state index is 0.331. The first-order valence-electron chi connectivity index (χ1n) is 7.06. The van der Waals surface area contributed by atoms with E-state index in [4.69, 9.17) is 9.47 Å². The Labute approximate surface area is 119 Å². The average Bonchev–Trinajstić information content (AvgIpc) is 2.89. The molecule has 1 N–H and O–H groups in total. The molecule has 1 saturated heterocycles. The van der Waals surface area contributed by atoms with Crippen LogP contribution in [0.2, 0.25) is 0 Å². The number of benzene rings is 1. The van der Waals surface area contributed by atoms with Gasteiger partial charge >= 0.3 is 0 Å². The molecule has 0 bridgehead atoms. The van der Waals surface area contributed by atoms with E-state index in [9.17, 15) is 0 Å². The number of ether oxygens (including phenoxy) is 2. The van der Waals surface area contributed by atoms with Gasteiger partial charge in [0.15, 0.2) is 0 Å². The van der Waals surface area contributed by atoms with Gasteiger partial charge in [-0.1, -0.05) is 0 Å². The summed E-state index contributed by atoms with van der Waals surface area (Å²) >= 11 is 0. The van der Waals surface area contributed by atoms with Gasteiger partial charge in [0, 0.05) is 30.7 Å². The highest BCUT2D eigenvalue weighted by Crippen LogP contribution is 2.26. The Bertz CT molecular complexity index is 600. The molecular formula is C16H20N2O2. The van der Waals surface area contributed by atoms with Crippen LogP contribution >= 0.6 is 0 Å². The van der Waals surface area contributed by atoms with Crippen LogP contribution in [0.4, 0.5) is 5.82 Å². The molecule has 0 amide bonds. The van der Waals surface area contributed by atoms with Crippen molar-refractivity contribution < 1.29 is 9.47 Å². The van der Waals surface area contributed by atoms with Crippen molar-refractivity contribution in [1.29, 1.82) is 0 Å². The molecule has 4 nitrogen and oxygen atoms in total. The molecule has 1 aliphatic rings. The summed E-state index contributed by atoms with van der Waals surface area (Å²) in [5.41, 5.74) is 0. The number of pyridine rings is 1. The third kappa shape index (κ3) is 2.56. The third-order valence-electron chi connectivity index (χ3n) is 4.04. The molecule has 4 heteroatoms. The predicted molar refractivity (Wildman–Crippen MR) is 80.3 cm³/mol. The minimum atomic E-state index is 0.331. The first kappa shape index (κ1) is 13.2. The number of methoxy groups -OCH3 is 1. The summed E-state index contributed by atoms with van der Waals surface area (Å²) in [5, 5.41) is 5.73. The lowest BCUT2D eigenvalue weighted by molar-refractivity contribution is 0.108. The largest absolute Gasteiger partial charge is 0.497 e. The van der Waals surface area contributed by atoms with Crippen LogP contribution in [0.3, 0.4) is 0 Å². The lowest BCUT2D eigenvalue weighted by atomic mass is 10.0. The quantitative estimate of drug-likeness (QED) is 0.929. The second-order valence-corrected chi connectivity index (χ2v) is 5.25. The van der Waals surface area contributed by atoms with Gasteiger partial charge in [-0.25, -0.2) is 4.98 Å². The van der Waals surface area contributed by atoms with E-state index in [2.05, 4.69) is 23.3 Å². The fourth-order valence-corrected chi connectivity index (χ4v) is 2.70. The van der Waals surface area contributed by atoms with Crippen LogP contribution in [0, 0.1) is 5.92 Å². The molecule has 2 unspecified atom stereocenters. The molecule has 0 spiro atoms. The Kier molecular flexibility index (Phi) is 3.74. The first-order chi connectivity index (χ1) is 9.78. The summed E-state index contributed by atoms with van der Waals surface area (Å²) in [7, 11) is 1.68. The molecule has 2 atom stereocenters. The van der Waals surface area contributed by atoms with Crippen molar-refractivity contribution in [2.45, 2.75) is 19.4 Å². The fourth-order valence-electron chi connectivity index (χ4n) is 2.70. The van der Waals surface area contributed by atoms with Crippen molar-refractivity contribution in [3.8, 4) is 5.75 Å². The zero-order chi connectivity index (χ0) is 13.9. The first-order valence-corrected chi connectivity index (χ1v) is 7.06. The van der Waals surface area contributed by atoms with Crippen LogP contribution < -0.4 is 10.1 Å². The highest BCUT2D eigenvalue weighted by Gasteiger charge is 2.23. The Morgan fingerprint density at radius 1 is 1.40 bits per heavy atom. The number of rotatable bonds is 4. The van der Waals surface area contributed by atoms with Gasteiger partial charge in [0.1, 0.15) is 11.6 Å². The van der Waals surface area contributed by atoms with Crippen molar-refractivity contribution >= 4 is 16.6 Å². The molecule has 0 radical (unpaired) electrons. The van der Waals surface area contributed by atoms with Crippen LogP contribution in [-0.2, 0) is 4.74 Å². The van der Waals surface area contributed by atoms with Crippen molar-refractivity contribution in [2.24, 2.45) is 5.92 Å². The van der Waals surface area contributed by atoms with Gasteiger partial charge in [-0.3, -0.25) is 0 Å². The van der Waals surface area contributed by atoms with Gasteiger partial charge < -0.3 is 14.8 Å². The Morgan fingerprint density at radius 2 is 2.30 bits per heavy atom. The van der Waals surface area contributed by atoms with E-state index in [1.54, 1.807) is 7.11 Å². The Hall–Kier alpha value is -1.81. The summed E-state index contributed by atoms with van der Waals surface area (Å²) in [6.45, 7) is 3.91. The summed E-state index contributed by atoms with van der Waals surface area (Å²) in [6, 6.07) is 8.06. The molecule has 2 heterocycles. The van der Waals surface area contributed by atoms with Gasteiger partial charge in [-0.15, -0.1) is 0 Å². The molecular weight excluding hydrogens is 252 g/mol. The van der Waals surface area contributed by atoms with E-state index in [0.717, 1.165) is 41.9 Å². The zero-order valence-corrected chi connectivity index (χ0v) is 11.9. The normalized spacial score (nSPS) is 22.1. The van der Waals surface area contributed by atoms with E-state index in [1.165, 1.54) is 0 Å². The second-order valence-electron chi connectivity index (χ2n) is 5.25. The molecule has 1 aromatic carbocycles. The number of nitrogens with zero attached hydrogens (tertiary/aromatic N) is 1. The highest BCUT2D eigenvalue weighted by molar-refractivity contribution is 5.92. The monoisotopic (exact) mass is 272 g/mol. The third-order valence-corrected chi connectivity index (χ3v) is 4.04. The van der Waals surface area contributed by atoms with Gasteiger partial charge in [0.25, 0.3) is 0 Å². The van der Waals surface area contributed by atoms with E-state index in [-0.39, 0.29) is 0 Å². The fraction of sp³-hybridized carbons (Fsp3) is 0.438. The minimum Gasteiger partial charge on any atom is -0.497 e. The van der Waals surface area contributed by atoms with Gasteiger partial charge in [0.2, 0.25) is 0 Å². The van der Waals surface area contributed by atoms with Crippen LogP contribution in [-0.4, -0.2) is 31.3 Å². The van der Waals surface area contributed by atoms with E-state index in [0.29, 0.717) is 12.0 Å². The smallest absolute Gasteiger partial charge is 0.133 e. The summed E-state index contributed by atoms with van der Waals surface area (Å²) in [5.74, 6) is 2.36. The Morgan fingerprint density at radius 3 is 3.05 bits per heavy atom. The van der Waals surface area contributed by atoms with Crippen LogP contribution in [0.25, 0.3) is 10.8 Å².